The molecule has 0 atom stereocenters. The maximum Gasteiger partial charge on any atom is 0.241 e. The van der Waals surface area contributed by atoms with Crippen LogP contribution in [0, 0.1) is 20.8 Å². The van der Waals surface area contributed by atoms with E-state index in [1.165, 1.54) is 11.3 Å². The van der Waals surface area contributed by atoms with Crippen LogP contribution < -0.4 is 10.5 Å². The molecule has 0 aliphatic carbocycles. The molecule has 0 aliphatic rings. The molecule has 1 aromatic heterocycles. The van der Waals surface area contributed by atoms with Gasteiger partial charge in [-0.3, -0.25) is 0 Å². The molecule has 3 N–H and O–H groups in total. The lowest BCUT2D eigenvalue weighted by Crippen LogP contribution is -2.25. The van der Waals surface area contributed by atoms with E-state index in [0.29, 0.717) is 16.8 Å². The smallest absolute Gasteiger partial charge is 0.241 e. The number of thiophene rings is 1. The molecule has 0 radical (unpaired) electrons. The van der Waals surface area contributed by atoms with E-state index in [1.807, 2.05) is 19.1 Å². The summed E-state index contributed by atoms with van der Waals surface area (Å²) in [4.78, 5) is 1.22. The zero-order valence-electron chi connectivity index (χ0n) is 12.0. The number of nitrogens with two attached hydrogens (primary N) is 1. The van der Waals surface area contributed by atoms with Crippen LogP contribution in [0.25, 0.3) is 0 Å². The maximum atomic E-state index is 12.5. The van der Waals surface area contributed by atoms with E-state index in [9.17, 15) is 8.42 Å². The average Bonchev–Trinajstić information content (AvgIpc) is 2.79. The van der Waals surface area contributed by atoms with E-state index in [2.05, 4.69) is 20.7 Å². The molecular weight excluding hydrogens is 372 g/mol. The monoisotopic (exact) mass is 388 g/mol. The van der Waals surface area contributed by atoms with Crippen LogP contribution in [-0.2, 0) is 16.6 Å². The van der Waals surface area contributed by atoms with Gasteiger partial charge in [-0.05, 0) is 65.5 Å². The fourth-order valence-corrected chi connectivity index (χ4v) is 5.28. The Bertz CT molecular complexity index is 783. The normalized spacial score (nSPS) is 11.8. The summed E-state index contributed by atoms with van der Waals surface area (Å²) in [6.45, 7) is 5.68. The Balaban J connectivity index is 2.34. The highest BCUT2D eigenvalue weighted by molar-refractivity contribution is 9.11. The van der Waals surface area contributed by atoms with Crippen molar-refractivity contribution in [1.82, 2.24) is 4.72 Å². The van der Waals surface area contributed by atoms with E-state index < -0.39 is 10.0 Å². The zero-order valence-corrected chi connectivity index (χ0v) is 15.2. The minimum atomic E-state index is -3.59. The van der Waals surface area contributed by atoms with Gasteiger partial charge in [0.2, 0.25) is 10.0 Å². The van der Waals surface area contributed by atoms with Crippen LogP contribution in [0.5, 0.6) is 0 Å². The Labute approximate surface area is 137 Å². The molecule has 0 amide bonds. The van der Waals surface area contributed by atoms with Crippen LogP contribution in [0.1, 0.15) is 21.6 Å². The third-order valence-electron chi connectivity index (χ3n) is 3.29. The lowest BCUT2D eigenvalue weighted by Gasteiger charge is -2.15. The largest absolute Gasteiger partial charge is 0.398 e. The van der Waals surface area contributed by atoms with Gasteiger partial charge in [0.25, 0.3) is 0 Å². The zero-order chi connectivity index (χ0) is 15.8. The molecule has 21 heavy (non-hydrogen) atoms. The molecule has 0 bridgehead atoms. The summed E-state index contributed by atoms with van der Waals surface area (Å²) < 4.78 is 28.7. The highest BCUT2D eigenvalue weighted by Crippen LogP contribution is 2.28. The highest BCUT2D eigenvalue weighted by atomic mass is 79.9. The van der Waals surface area contributed by atoms with Crippen molar-refractivity contribution in [1.29, 1.82) is 0 Å². The van der Waals surface area contributed by atoms with E-state index in [0.717, 1.165) is 14.2 Å². The van der Waals surface area contributed by atoms with Crippen LogP contribution in [0.3, 0.4) is 0 Å². The van der Waals surface area contributed by atoms with Gasteiger partial charge >= 0.3 is 0 Å². The van der Waals surface area contributed by atoms with E-state index in [1.54, 1.807) is 19.9 Å². The number of halogens is 1. The second kappa shape index (κ2) is 6.08. The van der Waals surface area contributed by atoms with Gasteiger partial charge in [-0.15, -0.1) is 11.3 Å². The maximum absolute atomic E-state index is 12.5. The molecule has 0 aliphatic heterocycles. The molecule has 0 saturated carbocycles. The highest BCUT2D eigenvalue weighted by Gasteiger charge is 2.21. The molecule has 114 valence electrons. The van der Waals surface area contributed by atoms with E-state index >= 15 is 0 Å². The fourth-order valence-electron chi connectivity index (χ4n) is 2.28. The number of hydrogen-bond acceptors (Lipinski definition) is 4. The van der Waals surface area contributed by atoms with Gasteiger partial charge < -0.3 is 5.73 Å². The summed E-state index contributed by atoms with van der Waals surface area (Å²) in [7, 11) is -3.59. The Hall–Kier alpha value is -0.890. The first-order valence-corrected chi connectivity index (χ1v) is 9.42. The van der Waals surface area contributed by atoms with Crippen molar-refractivity contribution in [2.45, 2.75) is 32.2 Å². The standard InChI is InChI=1S/C14H17BrN2O2S2/c1-8-6-9(2)14(10(3)13(8)16)21(18,19)17-7-11-4-5-12(15)20-11/h4-6,17H,7,16H2,1-3H3. The van der Waals surface area contributed by atoms with Gasteiger partial charge in [0.15, 0.2) is 0 Å². The molecule has 4 nitrogen and oxygen atoms in total. The predicted octanol–water partition coefficient (Wildman–Crippen LogP) is 3.50. The lowest BCUT2D eigenvalue weighted by atomic mass is 10.1. The van der Waals surface area contributed by atoms with Gasteiger partial charge in [0.05, 0.1) is 8.68 Å². The van der Waals surface area contributed by atoms with Crippen molar-refractivity contribution >= 4 is 43.0 Å². The summed E-state index contributed by atoms with van der Waals surface area (Å²) in [6, 6.07) is 5.59. The molecule has 2 aromatic rings. The third kappa shape index (κ3) is 3.48. The molecule has 0 fully saturated rings. The third-order valence-corrected chi connectivity index (χ3v) is 6.61. The fraction of sp³-hybridized carbons (Fsp3) is 0.286. The number of rotatable bonds is 4. The number of aryl methyl sites for hydroxylation is 2. The minimum absolute atomic E-state index is 0.269. The van der Waals surface area contributed by atoms with Crippen molar-refractivity contribution in [2.75, 3.05) is 5.73 Å². The Morgan fingerprint density at radius 3 is 2.48 bits per heavy atom. The molecule has 0 spiro atoms. The van der Waals surface area contributed by atoms with Crippen molar-refractivity contribution in [3.05, 3.63) is 43.6 Å². The van der Waals surface area contributed by atoms with Gasteiger partial charge in [0, 0.05) is 17.1 Å². The minimum Gasteiger partial charge on any atom is -0.398 e. The van der Waals surface area contributed by atoms with Crippen molar-refractivity contribution < 1.29 is 8.42 Å². The van der Waals surface area contributed by atoms with Crippen LogP contribution in [-0.4, -0.2) is 8.42 Å². The van der Waals surface area contributed by atoms with Gasteiger partial charge in [-0.2, -0.15) is 0 Å². The summed E-state index contributed by atoms with van der Waals surface area (Å²) in [5, 5.41) is 0. The SMILES string of the molecule is Cc1cc(C)c(S(=O)(=O)NCc2ccc(Br)s2)c(C)c1N. The molecule has 7 heteroatoms. The molecule has 0 saturated heterocycles. The first kappa shape index (κ1) is 16.5. The molecule has 1 heterocycles. The van der Waals surface area contributed by atoms with Crippen molar-refractivity contribution in [2.24, 2.45) is 0 Å². The molecule has 1 aromatic carbocycles. The Kier molecular flexibility index (Phi) is 4.77. The first-order valence-electron chi connectivity index (χ1n) is 6.32. The second-order valence-electron chi connectivity index (χ2n) is 4.91. The number of sulfonamides is 1. The van der Waals surface area contributed by atoms with Gasteiger partial charge in [-0.25, -0.2) is 13.1 Å². The van der Waals surface area contributed by atoms with Crippen LogP contribution in [0.2, 0.25) is 0 Å². The number of nitrogen functional groups attached to an aromatic ring is 1. The number of benzene rings is 1. The topological polar surface area (TPSA) is 72.2 Å². The number of nitrogens with one attached hydrogen (secondary N) is 1. The average molecular weight is 389 g/mol. The lowest BCUT2D eigenvalue weighted by molar-refractivity contribution is 0.580. The molecular formula is C14H17BrN2O2S2. The predicted molar refractivity (Wildman–Crippen MR) is 91.1 cm³/mol. The van der Waals surface area contributed by atoms with Crippen LogP contribution in [0.15, 0.2) is 26.9 Å². The summed E-state index contributed by atoms with van der Waals surface area (Å²) in [6.07, 6.45) is 0. The summed E-state index contributed by atoms with van der Waals surface area (Å²) in [5.74, 6) is 0. The summed E-state index contributed by atoms with van der Waals surface area (Å²) >= 11 is 4.87. The molecule has 2 rings (SSSR count). The van der Waals surface area contributed by atoms with E-state index in [-0.39, 0.29) is 11.4 Å². The van der Waals surface area contributed by atoms with E-state index in [4.69, 9.17) is 5.73 Å². The first-order chi connectivity index (χ1) is 9.72. The summed E-state index contributed by atoms with van der Waals surface area (Å²) in [5.41, 5.74) is 8.70. The second-order valence-corrected chi connectivity index (χ2v) is 9.16. The molecule has 0 unspecified atom stereocenters. The Morgan fingerprint density at radius 2 is 1.90 bits per heavy atom. The Morgan fingerprint density at radius 1 is 1.24 bits per heavy atom. The van der Waals surface area contributed by atoms with Gasteiger partial charge in [-0.1, -0.05) is 6.07 Å². The van der Waals surface area contributed by atoms with Crippen LogP contribution >= 0.6 is 27.3 Å². The van der Waals surface area contributed by atoms with Crippen molar-refractivity contribution in [3.8, 4) is 0 Å². The van der Waals surface area contributed by atoms with Crippen molar-refractivity contribution in [3.63, 3.8) is 0 Å². The number of hydrogen-bond donors (Lipinski definition) is 2. The quantitative estimate of drug-likeness (QED) is 0.787. The van der Waals surface area contributed by atoms with Gasteiger partial charge in [0.1, 0.15) is 0 Å². The van der Waals surface area contributed by atoms with Crippen LogP contribution in [0.4, 0.5) is 5.69 Å². The number of anilines is 1.